The van der Waals surface area contributed by atoms with Gasteiger partial charge in [0.2, 0.25) is 0 Å². The molecule has 3 rings (SSSR count). The molecular formula is C16H11BrN4O2. The Morgan fingerprint density at radius 1 is 1.04 bits per heavy atom. The first-order chi connectivity index (χ1) is 11.1. The predicted octanol–water partition coefficient (Wildman–Crippen LogP) is 2.64. The summed E-state index contributed by atoms with van der Waals surface area (Å²) in [5, 5.41) is 2.49. The topological polar surface area (TPSA) is 76.9 Å². The van der Waals surface area contributed by atoms with Gasteiger partial charge in [-0.05, 0) is 36.4 Å². The first kappa shape index (κ1) is 15.1. The molecule has 0 saturated heterocycles. The summed E-state index contributed by atoms with van der Waals surface area (Å²) in [6.07, 6.45) is 4.51. The van der Waals surface area contributed by atoms with Gasteiger partial charge in [-0.2, -0.15) is 0 Å². The van der Waals surface area contributed by atoms with Crippen LogP contribution in [-0.4, -0.2) is 20.4 Å². The standard InChI is InChI=1S/C16H11BrN4O2/c17-11-4-6-12(7-5-11)21-10-9-19-14(16(21)23)20-15(22)13-3-1-2-8-18-13/h1-10H,(H,19,20,22). The van der Waals surface area contributed by atoms with Crippen LogP contribution in [0.5, 0.6) is 0 Å². The van der Waals surface area contributed by atoms with Crippen molar-refractivity contribution >= 4 is 27.7 Å². The van der Waals surface area contributed by atoms with Crippen molar-refractivity contribution in [3.63, 3.8) is 0 Å². The minimum atomic E-state index is -0.483. The Balaban J connectivity index is 1.93. The molecule has 0 saturated carbocycles. The number of anilines is 1. The Hall–Kier alpha value is -2.80. The number of hydrogen-bond acceptors (Lipinski definition) is 4. The van der Waals surface area contributed by atoms with Gasteiger partial charge in [0.1, 0.15) is 5.69 Å². The molecule has 0 unspecified atom stereocenters. The second-order valence-electron chi connectivity index (χ2n) is 4.60. The largest absolute Gasteiger partial charge is 0.301 e. The maximum absolute atomic E-state index is 12.5. The second kappa shape index (κ2) is 6.53. The van der Waals surface area contributed by atoms with Crippen molar-refractivity contribution in [1.29, 1.82) is 0 Å². The summed E-state index contributed by atoms with van der Waals surface area (Å²) >= 11 is 3.35. The first-order valence-electron chi connectivity index (χ1n) is 6.71. The van der Waals surface area contributed by atoms with Crippen LogP contribution in [-0.2, 0) is 0 Å². The molecule has 23 heavy (non-hydrogen) atoms. The molecular weight excluding hydrogens is 360 g/mol. The van der Waals surface area contributed by atoms with E-state index in [0.717, 1.165) is 4.47 Å². The molecule has 6 nitrogen and oxygen atoms in total. The molecule has 0 radical (unpaired) electrons. The number of carbonyl (C=O) groups excluding carboxylic acids is 1. The van der Waals surface area contributed by atoms with Gasteiger partial charge in [-0.25, -0.2) is 4.98 Å². The lowest BCUT2D eigenvalue weighted by molar-refractivity contribution is 0.102. The average Bonchev–Trinajstić information content (AvgIpc) is 2.58. The zero-order chi connectivity index (χ0) is 16.2. The summed E-state index contributed by atoms with van der Waals surface area (Å²) in [6, 6.07) is 12.2. The highest BCUT2D eigenvalue weighted by molar-refractivity contribution is 9.10. The molecule has 1 aromatic carbocycles. The van der Waals surface area contributed by atoms with Crippen LogP contribution in [0.2, 0.25) is 0 Å². The monoisotopic (exact) mass is 370 g/mol. The fourth-order valence-corrected chi connectivity index (χ4v) is 2.24. The van der Waals surface area contributed by atoms with Gasteiger partial charge in [0.15, 0.2) is 5.82 Å². The zero-order valence-electron chi connectivity index (χ0n) is 11.8. The molecule has 0 aliphatic carbocycles. The van der Waals surface area contributed by atoms with Crippen molar-refractivity contribution in [2.24, 2.45) is 0 Å². The highest BCUT2D eigenvalue weighted by Gasteiger charge is 2.12. The molecule has 0 atom stereocenters. The molecule has 3 aromatic rings. The third-order valence-corrected chi connectivity index (χ3v) is 3.60. The van der Waals surface area contributed by atoms with Gasteiger partial charge < -0.3 is 5.32 Å². The molecule has 114 valence electrons. The van der Waals surface area contributed by atoms with Crippen LogP contribution in [0.3, 0.4) is 0 Å². The van der Waals surface area contributed by atoms with Crippen LogP contribution in [0.25, 0.3) is 5.69 Å². The van der Waals surface area contributed by atoms with Gasteiger partial charge in [0, 0.05) is 28.8 Å². The van der Waals surface area contributed by atoms with Gasteiger partial charge in [-0.1, -0.05) is 22.0 Å². The summed E-state index contributed by atoms with van der Waals surface area (Å²) in [7, 11) is 0. The Labute approximate surface area is 140 Å². The number of rotatable bonds is 3. The lowest BCUT2D eigenvalue weighted by Gasteiger charge is -2.08. The Morgan fingerprint density at radius 3 is 2.52 bits per heavy atom. The quantitative estimate of drug-likeness (QED) is 0.768. The van der Waals surface area contributed by atoms with E-state index in [-0.39, 0.29) is 11.5 Å². The Kier molecular flexibility index (Phi) is 4.29. The van der Waals surface area contributed by atoms with E-state index in [0.29, 0.717) is 5.69 Å². The maximum atomic E-state index is 12.5. The summed E-state index contributed by atoms with van der Waals surface area (Å²) in [5.41, 5.74) is 0.473. The van der Waals surface area contributed by atoms with Crippen LogP contribution in [0.4, 0.5) is 5.82 Å². The van der Waals surface area contributed by atoms with Gasteiger partial charge in [-0.3, -0.25) is 19.1 Å². The molecule has 7 heteroatoms. The van der Waals surface area contributed by atoms with Crippen LogP contribution in [0.15, 0.2) is 70.3 Å². The fourth-order valence-electron chi connectivity index (χ4n) is 1.97. The van der Waals surface area contributed by atoms with Gasteiger partial charge in [-0.15, -0.1) is 0 Å². The van der Waals surface area contributed by atoms with E-state index in [1.54, 1.807) is 36.5 Å². The van der Waals surface area contributed by atoms with Crippen molar-refractivity contribution in [1.82, 2.24) is 14.5 Å². The highest BCUT2D eigenvalue weighted by Crippen LogP contribution is 2.13. The van der Waals surface area contributed by atoms with E-state index in [4.69, 9.17) is 0 Å². The Morgan fingerprint density at radius 2 is 1.83 bits per heavy atom. The molecule has 1 amide bonds. The number of benzene rings is 1. The molecule has 0 aliphatic rings. The lowest BCUT2D eigenvalue weighted by atomic mass is 10.3. The smallest absolute Gasteiger partial charge is 0.298 e. The molecule has 2 aromatic heterocycles. The fraction of sp³-hybridized carbons (Fsp3) is 0. The van der Waals surface area contributed by atoms with Gasteiger partial charge in [0.05, 0.1) is 0 Å². The normalized spacial score (nSPS) is 10.3. The van der Waals surface area contributed by atoms with Crippen molar-refractivity contribution in [2.75, 3.05) is 5.32 Å². The van der Waals surface area contributed by atoms with Crippen molar-refractivity contribution in [3.05, 3.63) is 81.6 Å². The van der Waals surface area contributed by atoms with Crippen LogP contribution in [0, 0.1) is 0 Å². The lowest BCUT2D eigenvalue weighted by Crippen LogP contribution is -2.26. The van der Waals surface area contributed by atoms with Crippen molar-refractivity contribution in [3.8, 4) is 5.69 Å². The molecule has 0 fully saturated rings. The second-order valence-corrected chi connectivity index (χ2v) is 5.51. The third-order valence-electron chi connectivity index (χ3n) is 3.08. The number of aromatic nitrogens is 3. The van der Waals surface area contributed by atoms with E-state index >= 15 is 0 Å². The summed E-state index contributed by atoms with van der Waals surface area (Å²) in [5.74, 6) is -0.533. The highest BCUT2D eigenvalue weighted by atomic mass is 79.9. The number of nitrogens with one attached hydrogen (secondary N) is 1. The summed E-state index contributed by atoms with van der Waals surface area (Å²) in [6.45, 7) is 0. The average molecular weight is 371 g/mol. The van der Waals surface area contributed by atoms with E-state index in [1.807, 2.05) is 12.1 Å². The van der Waals surface area contributed by atoms with Crippen molar-refractivity contribution in [2.45, 2.75) is 0 Å². The first-order valence-corrected chi connectivity index (χ1v) is 7.50. The summed E-state index contributed by atoms with van der Waals surface area (Å²) < 4.78 is 2.32. The molecule has 0 bridgehead atoms. The van der Waals surface area contributed by atoms with Crippen LogP contribution >= 0.6 is 15.9 Å². The van der Waals surface area contributed by atoms with Gasteiger partial charge in [0.25, 0.3) is 11.5 Å². The molecule has 0 aliphatic heterocycles. The van der Waals surface area contributed by atoms with Crippen LogP contribution < -0.4 is 10.9 Å². The minimum absolute atomic E-state index is 0.0499. The number of nitrogens with zero attached hydrogens (tertiary/aromatic N) is 3. The van der Waals surface area contributed by atoms with Crippen molar-refractivity contribution < 1.29 is 4.79 Å². The van der Waals surface area contributed by atoms with E-state index in [2.05, 4.69) is 31.2 Å². The molecule has 2 heterocycles. The van der Waals surface area contributed by atoms with E-state index < -0.39 is 11.5 Å². The number of halogens is 1. The summed E-state index contributed by atoms with van der Waals surface area (Å²) in [4.78, 5) is 32.5. The molecule has 0 spiro atoms. The Bertz CT molecular complexity index is 892. The number of carbonyl (C=O) groups is 1. The number of hydrogen-bond donors (Lipinski definition) is 1. The SMILES string of the molecule is O=C(Nc1nccn(-c2ccc(Br)cc2)c1=O)c1ccccn1. The number of pyridine rings is 1. The number of amides is 1. The third kappa shape index (κ3) is 3.35. The predicted molar refractivity (Wildman–Crippen MR) is 89.7 cm³/mol. The maximum Gasteiger partial charge on any atom is 0.298 e. The zero-order valence-corrected chi connectivity index (χ0v) is 13.4. The molecule has 1 N–H and O–H groups in total. The van der Waals surface area contributed by atoms with E-state index in [9.17, 15) is 9.59 Å². The minimum Gasteiger partial charge on any atom is -0.301 e. The van der Waals surface area contributed by atoms with Gasteiger partial charge >= 0.3 is 0 Å². The van der Waals surface area contributed by atoms with Crippen LogP contribution in [0.1, 0.15) is 10.5 Å². The van der Waals surface area contributed by atoms with E-state index in [1.165, 1.54) is 17.0 Å².